The van der Waals surface area contributed by atoms with Gasteiger partial charge in [0.05, 0.1) is 17.0 Å². The van der Waals surface area contributed by atoms with Gasteiger partial charge in [0.2, 0.25) is 5.91 Å². The number of benzene rings is 1. The van der Waals surface area contributed by atoms with Crippen LogP contribution in [0.3, 0.4) is 0 Å². The van der Waals surface area contributed by atoms with Gasteiger partial charge in [-0.15, -0.1) is 11.8 Å². The van der Waals surface area contributed by atoms with Crippen LogP contribution in [0.25, 0.3) is 11.1 Å². The summed E-state index contributed by atoms with van der Waals surface area (Å²) >= 11 is 1.39. The van der Waals surface area contributed by atoms with Gasteiger partial charge in [0.1, 0.15) is 0 Å². The molecule has 0 fully saturated rings. The van der Waals surface area contributed by atoms with Crippen molar-refractivity contribution in [2.24, 2.45) is 0 Å². The molecule has 2 aromatic rings. The van der Waals surface area contributed by atoms with Crippen LogP contribution in [0.1, 0.15) is 5.56 Å². The Hall–Kier alpha value is -2.02. The Labute approximate surface area is 129 Å². The first kappa shape index (κ1) is 14.9. The maximum absolute atomic E-state index is 12.8. The van der Waals surface area contributed by atoms with Gasteiger partial charge in [-0.05, 0) is 23.8 Å². The van der Waals surface area contributed by atoms with Gasteiger partial charge < -0.3 is 4.90 Å². The summed E-state index contributed by atoms with van der Waals surface area (Å²) in [5, 5.41) is 0. The van der Waals surface area contributed by atoms with E-state index in [1.807, 2.05) is 0 Å². The van der Waals surface area contributed by atoms with Gasteiger partial charge in [-0.1, -0.05) is 6.07 Å². The molecule has 0 aliphatic carbocycles. The average molecular weight is 324 g/mol. The summed E-state index contributed by atoms with van der Waals surface area (Å²) in [5.74, 6) is 0.333. The Morgan fingerprint density at radius 2 is 1.95 bits per heavy atom. The van der Waals surface area contributed by atoms with E-state index in [0.717, 1.165) is 22.8 Å². The maximum atomic E-state index is 12.8. The van der Waals surface area contributed by atoms with Crippen LogP contribution in [0.5, 0.6) is 0 Å². The van der Waals surface area contributed by atoms with Crippen LogP contribution in [0.15, 0.2) is 41.6 Å². The second-order valence-corrected chi connectivity index (χ2v) is 5.90. The van der Waals surface area contributed by atoms with Crippen LogP contribution in [0.2, 0.25) is 0 Å². The second-order valence-electron chi connectivity index (χ2n) is 4.88. The number of amides is 1. The first-order valence-corrected chi connectivity index (χ1v) is 7.41. The van der Waals surface area contributed by atoms with Crippen molar-refractivity contribution in [3.63, 3.8) is 0 Å². The van der Waals surface area contributed by atoms with Crippen LogP contribution in [0, 0.1) is 0 Å². The number of halogens is 3. The topological polar surface area (TPSA) is 33.2 Å². The molecular weight excluding hydrogens is 313 g/mol. The Morgan fingerprint density at radius 1 is 1.18 bits per heavy atom. The standard InChI is InChI=1S/C15H11F3N2OS/c1-20-12-3-2-9(5-13(12)22-8-14(20)21)10-4-11(7-19-6-10)15(16,17)18/h2-7H,8H2,1H3. The molecule has 0 unspecified atom stereocenters. The van der Waals surface area contributed by atoms with Gasteiger partial charge in [0, 0.05) is 29.9 Å². The van der Waals surface area contributed by atoms with Crippen molar-refractivity contribution in [1.29, 1.82) is 0 Å². The molecule has 22 heavy (non-hydrogen) atoms. The number of hydrogen-bond donors (Lipinski definition) is 0. The molecule has 0 saturated carbocycles. The first-order chi connectivity index (χ1) is 10.4. The molecular formula is C15H11F3N2OS. The Kier molecular flexibility index (Phi) is 3.60. The second kappa shape index (κ2) is 5.31. The Balaban J connectivity index is 2.02. The molecule has 3 nitrogen and oxygen atoms in total. The fourth-order valence-corrected chi connectivity index (χ4v) is 3.25. The normalized spacial score (nSPS) is 14.9. The first-order valence-electron chi connectivity index (χ1n) is 6.42. The molecule has 0 radical (unpaired) electrons. The minimum Gasteiger partial charge on any atom is -0.314 e. The van der Waals surface area contributed by atoms with E-state index in [-0.39, 0.29) is 5.91 Å². The fraction of sp³-hybridized carbons (Fsp3) is 0.200. The minimum atomic E-state index is -4.42. The molecule has 2 heterocycles. The number of rotatable bonds is 1. The van der Waals surface area contributed by atoms with Crippen molar-refractivity contribution in [3.05, 3.63) is 42.2 Å². The maximum Gasteiger partial charge on any atom is 0.417 e. The third-order valence-corrected chi connectivity index (χ3v) is 4.47. The predicted molar refractivity (Wildman–Crippen MR) is 78.8 cm³/mol. The highest BCUT2D eigenvalue weighted by molar-refractivity contribution is 8.00. The largest absolute Gasteiger partial charge is 0.417 e. The highest BCUT2D eigenvalue weighted by atomic mass is 32.2. The summed E-state index contributed by atoms with van der Waals surface area (Å²) in [6, 6.07) is 6.32. The lowest BCUT2D eigenvalue weighted by molar-refractivity contribution is -0.137. The molecule has 7 heteroatoms. The number of alkyl halides is 3. The van der Waals surface area contributed by atoms with Crippen molar-refractivity contribution in [1.82, 2.24) is 4.98 Å². The summed E-state index contributed by atoms with van der Waals surface area (Å²) in [5.41, 5.74) is 1.04. The Bertz CT molecular complexity index is 746. The number of aromatic nitrogens is 1. The number of pyridine rings is 1. The van der Waals surface area contributed by atoms with Crippen molar-refractivity contribution < 1.29 is 18.0 Å². The summed E-state index contributed by atoms with van der Waals surface area (Å²) in [6.07, 6.45) is -2.21. The van der Waals surface area contributed by atoms with Crippen LogP contribution in [-0.2, 0) is 11.0 Å². The van der Waals surface area contributed by atoms with E-state index in [2.05, 4.69) is 4.98 Å². The molecule has 1 aromatic heterocycles. The van der Waals surface area contributed by atoms with E-state index >= 15 is 0 Å². The molecule has 0 atom stereocenters. The molecule has 0 N–H and O–H groups in total. The number of hydrogen-bond acceptors (Lipinski definition) is 3. The monoisotopic (exact) mass is 324 g/mol. The van der Waals surface area contributed by atoms with Crippen LogP contribution < -0.4 is 4.90 Å². The van der Waals surface area contributed by atoms with Crippen molar-refractivity contribution >= 4 is 23.4 Å². The van der Waals surface area contributed by atoms with Crippen molar-refractivity contribution in [2.45, 2.75) is 11.1 Å². The number of carbonyl (C=O) groups is 1. The third kappa shape index (κ3) is 2.68. The molecule has 0 spiro atoms. The zero-order chi connectivity index (χ0) is 15.9. The molecule has 3 rings (SSSR count). The lowest BCUT2D eigenvalue weighted by atomic mass is 10.1. The highest BCUT2D eigenvalue weighted by Gasteiger charge is 2.31. The molecule has 1 amide bonds. The zero-order valence-corrected chi connectivity index (χ0v) is 12.3. The average Bonchev–Trinajstić information content (AvgIpc) is 2.50. The number of nitrogens with zero attached hydrogens (tertiary/aromatic N) is 2. The highest BCUT2D eigenvalue weighted by Crippen LogP contribution is 2.38. The van der Waals surface area contributed by atoms with Gasteiger partial charge in [-0.3, -0.25) is 9.78 Å². The smallest absolute Gasteiger partial charge is 0.314 e. The number of carbonyl (C=O) groups excluding carboxylic acids is 1. The fourth-order valence-electron chi connectivity index (χ4n) is 2.21. The minimum absolute atomic E-state index is 0.00554. The van der Waals surface area contributed by atoms with Crippen LogP contribution >= 0.6 is 11.8 Å². The van der Waals surface area contributed by atoms with E-state index in [4.69, 9.17) is 0 Å². The SMILES string of the molecule is CN1C(=O)CSc2cc(-c3cncc(C(F)(F)F)c3)ccc21. The number of thioether (sulfide) groups is 1. The van der Waals surface area contributed by atoms with Gasteiger partial charge in [0.15, 0.2) is 0 Å². The Morgan fingerprint density at radius 3 is 2.68 bits per heavy atom. The van der Waals surface area contributed by atoms with Gasteiger partial charge in [-0.2, -0.15) is 13.2 Å². The van der Waals surface area contributed by atoms with Crippen LogP contribution in [0.4, 0.5) is 18.9 Å². The van der Waals surface area contributed by atoms with Gasteiger partial charge in [-0.25, -0.2) is 0 Å². The van der Waals surface area contributed by atoms with Crippen molar-refractivity contribution in [3.8, 4) is 11.1 Å². The number of anilines is 1. The van der Waals surface area contributed by atoms with Crippen molar-refractivity contribution in [2.75, 3.05) is 17.7 Å². The van der Waals surface area contributed by atoms with E-state index < -0.39 is 11.7 Å². The quantitative estimate of drug-likeness (QED) is 0.799. The lowest BCUT2D eigenvalue weighted by Crippen LogP contribution is -2.31. The van der Waals surface area contributed by atoms with Gasteiger partial charge >= 0.3 is 6.18 Å². The molecule has 1 aromatic carbocycles. The molecule has 1 aliphatic rings. The van der Waals surface area contributed by atoms with Crippen LogP contribution in [-0.4, -0.2) is 23.7 Å². The van der Waals surface area contributed by atoms with E-state index in [9.17, 15) is 18.0 Å². The van der Waals surface area contributed by atoms with E-state index in [0.29, 0.717) is 16.9 Å². The predicted octanol–water partition coefficient (Wildman–Crippen LogP) is 3.84. The summed E-state index contributed by atoms with van der Waals surface area (Å²) in [4.78, 5) is 17.7. The van der Waals surface area contributed by atoms with E-state index in [1.165, 1.54) is 18.0 Å². The summed E-state index contributed by atoms with van der Waals surface area (Å²) in [7, 11) is 1.69. The van der Waals surface area contributed by atoms with Gasteiger partial charge in [0.25, 0.3) is 0 Å². The molecule has 1 aliphatic heterocycles. The van der Waals surface area contributed by atoms with E-state index in [1.54, 1.807) is 30.1 Å². The molecule has 0 saturated heterocycles. The molecule has 114 valence electrons. The zero-order valence-electron chi connectivity index (χ0n) is 11.5. The third-order valence-electron chi connectivity index (χ3n) is 3.45. The lowest BCUT2D eigenvalue weighted by Gasteiger charge is -2.25. The molecule has 0 bridgehead atoms. The summed E-state index contributed by atoms with van der Waals surface area (Å²) < 4.78 is 38.3. The summed E-state index contributed by atoms with van der Waals surface area (Å²) in [6.45, 7) is 0. The number of fused-ring (bicyclic) bond motifs is 1.